The van der Waals surface area contributed by atoms with Crippen LogP contribution < -0.4 is 10.6 Å². The fourth-order valence-electron chi connectivity index (χ4n) is 2.64. The highest BCUT2D eigenvalue weighted by molar-refractivity contribution is 5.74. The van der Waals surface area contributed by atoms with Crippen LogP contribution >= 0.6 is 0 Å². The van der Waals surface area contributed by atoms with Gasteiger partial charge in [-0.15, -0.1) is 0 Å². The summed E-state index contributed by atoms with van der Waals surface area (Å²) in [7, 11) is 0. The number of carbonyl (C=O) groups is 1. The molecule has 0 unspecified atom stereocenters. The smallest absolute Gasteiger partial charge is 0.315 e. The Morgan fingerprint density at radius 2 is 2.26 bits per heavy atom. The number of rotatable bonds is 5. The van der Waals surface area contributed by atoms with Gasteiger partial charge in [0.05, 0.1) is 12.5 Å². The van der Waals surface area contributed by atoms with Gasteiger partial charge >= 0.3 is 6.03 Å². The topological polar surface area (TPSA) is 102 Å². The molecule has 0 spiro atoms. The van der Waals surface area contributed by atoms with Gasteiger partial charge in [0.1, 0.15) is 6.04 Å². The fourth-order valence-corrected chi connectivity index (χ4v) is 2.64. The minimum Gasteiger partial charge on any atom is -0.472 e. The zero-order valence-electron chi connectivity index (χ0n) is 12.9. The lowest BCUT2D eigenvalue weighted by Crippen LogP contribution is -2.41. The maximum Gasteiger partial charge on any atom is 0.315 e. The molecule has 2 amide bonds. The molecule has 0 radical (unpaired) electrons. The van der Waals surface area contributed by atoms with Gasteiger partial charge in [0.2, 0.25) is 5.89 Å². The molecule has 1 saturated heterocycles. The lowest BCUT2D eigenvalue weighted by Gasteiger charge is -2.28. The number of amides is 2. The molecule has 3 rings (SSSR count). The number of urea groups is 1. The van der Waals surface area contributed by atoms with Crippen molar-refractivity contribution in [2.24, 2.45) is 5.92 Å². The van der Waals surface area contributed by atoms with Gasteiger partial charge in [-0.05, 0) is 31.7 Å². The molecule has 124 valence electrons. The molecule has 1 aliphatic heterocycles. The number of nitrogens with one attached hydrogen (secondary N) is 2. The van der Waals surface area contributed by atoms with Crippen molar-refractivity contribution in [2.75, 3.05) is 13.2 Å². The van der Waals surface area contributed by atoms with E-state index in [9.17, 15) is 4.79 Å². The van der Waals surface area contributed by atoms with Crippen molar-refractivity contribution < 1.29 is 18.5 Å². The van der Waals surface area contributed by atoms with E-state index in [0.717, 1.165) is 18.4 Å². The Balaban J connectivity index is 1.64. The standard InChI is InChI=1S/C15H20N4O4/c1-10-17-14(23-19-10)13(12-3-6-21-7-4-12)18-15(20)16-8-11-2-5-22-9-11/h2,5,9,12-13H,3-4,6-8H2,1H3,(H2,16,18,20)/t13-/m0/s1. The van der Waals surface area contributed by atoms with Crippen molar-refractivity contribution >= 4 is 6.03 Å². The molecule has 8 heteroatoms. The lowest BCUT2D eigenvalue weighted by molar-refractivity contribution is 0.0503. The van der Waals surface area contributed by atoms with Crippen molar-refractivity contribution in [1.29, 1.82) is 0 Å². The minimum absolute atomic E-state index is 0.211. The van der Waals surface area contributed by atoms with Crippen LogP contribution in [0.5, 0.6) is 0 Å². The number of hydrogen-bond donors (Lipinski definition) is 2. The lowest BCUT2D eigenvalue weighted by atomic mass is 9.91. The largest absolute Gasteiger partial charge is 0.472 e. The van der Waals surface area contributed by atoms with E-state index < -0.39 is 0 Å². The van der Waals surface area contributed by atoms with Crippen LogP contribution in [0.4, 0.5) is 4.79 Å². The third kappa shape index (κ3) is 4.10. The van der Waals surface area contributed by atoms with Crippen LogP contribution in [0.2, 0.25) is 0 Å². The quantitative estimate of drug-likeness (QED) is 0.873. The normalized spacial score (nSPS) is 16.9. The summed E-state index contributed by atoms with van der Waals surface area (Å²) in [5.41, 5.74) is 0.899. The van der Waals surface area contributed by atoms with E-state index in [2.05, 4.69) is 20.8 Å². The number of furan rings is 1. The molecule has 0 bridgehead atoms. The van der Waals surface area contributed by atoms with Crippen LogP contribution in [0.25, 0.3) is 0 Å². The first kappa shape index (κ1) is 15.5. The highest BCUT2D eigenvalue weighted by Crippen LogP contribution is 2.29. The molecule has 1 fully saturated rings. The summed E-state index contributed by atoms with van der Waals surface area (Å²) in [6.45, 7) is 3.50. The summed E-state index contributed by atoms with van der Waals surface area (Å²) in [5.74, 6) is 1.20. The Morgan fingerprint density at radius 1 is 1.43 bits per heavy atom. The van der Waals surface area contributed by atoms with Crippen molar-refractivity contribution in [3.05, 3.63) is 35.9 Å². The second kappa shape index (κ2) is 7.28. The highest BCUT2D eigenvalue weighted by atomic mass is 16.5. The molecule has 1 atom stereocenters. The van der Waals surface area contributed by atoms with Gasteiger partial charge in [-0.3, -0.25) is 0 Å². The molecule has 3 heterocycles. The molecular formula is C15H20N4O4. The molecular weight excluding hydrogens is 300 g/mol. The average Bonchev–Trinajstić information content (AvgIpc) is 3.23. The van der Waals surface area contributed by atoms with Crippen LogP contribution in [0.1, 0.15) is 36.2 Å². The number of nitrogens with zero attached hydrogens (tertiary/aromatic N) is 2. The molecule has 0 aromatic carbocycles. The van der Waals surface area contributed by atoms with E-state index in [4.69, 9.17) is 13.7 Å². The number of carbonyl (C=O) groups excluding carboxylic acids is 1. The molecule has 2 aromatic rings. The van der Waals surface area contributed by atoms with E-state index >= 15 is 0 Å². The minimum atomic E-state index is -0.315. The van der Waals surface area contributed by atoms with Gasteiger partial charge in [-0.25, -0.2) is 4.79 Å². The Hall–Kier alpha value is -2.35. The molecule has 0 aliphatic carbocycles. The number of ether oxygens (including phenoxy) is 1. The summed E-state index contributed by atoms with van der Waals surface area (Å²) in [6.07, 6.45) is 4.85. The fraction of sp³-hybridized carbons (Fsp3) is 0.533. The zero-order valence-corrected chi connectivity index (χ0v) is 12.9. The summed E-state index contributed by atoms with van der Waals surface area (Å²) in [6, 6.07) is 1.21. The first-order valence-corrected chi connectivity index (χ1v) is 7.66. The monoisotopic (exact) mass is 320 g/mol. The van der Waals surface area contributed by atoms with Crippen LogP contribution in [-0.4, -0.2) is 29.4 Å². The van der Waals surface area contributed by atoms with Gasteiger partial charge < -0.3 is 24.3 Å². The Morgan fingerprint density at radius 3 is 2.91 bits per heavy atom. The Kier molecular flexibility index (Phi) is 4.92. The summed E-state index contributed by atoms with van der Waals surface area (Å²) >= 11 is 0. The van der Waals surface area contributed by atoms with Gasteiger partial charge in [-0.1, -0.05) is 5.16 Å². The van der Waals surface area contributed by atoms with Crippen molar-refractivity contribution in [3.63, 3.8) is 0 Å². The van der Waals surface area contributed by atoms with Gasteiger partial charge in [-0.2, -0.15) is 4.98 Å². The van der Waals surface area contributed by atoms with Gasteiger partial charge in [0, 0.05) is 25.3 Å². The van der Waals surface area contributed by atoms with Gasteiger partial charge in [0.15, 0.2) is 5.82 Å². The number of aromatic nitrogens is 2. The Bertz CT molecular complexity index is 619. The van der Waals surface area contributed by atoms with E-state index in [1.54, 1.807) is 25.5 Å². The molecule has 8 nitrogen and oxygen atoms in total. The zero-order chi connectivity index (χ0) is 16.1. The van der Waals surface area contributed by atoms with Crippen LogP contribution in [-0.2, 0) is 11.3 Å². The van der Waals surface area contributed by atoms with Crippen LogP contribution in [0.15, 0.2) is 27.5 Å². The second-order valence-electron chi connectivity index (χ2n) is 5.57. The third-order valence-corrected chi connectivity index (χ3v) is 3.87. The predicted molar refractivity (Wildman–Crippen MR) is 79.4 cm³/mol. The van der Waals surface area contributed by atoms with E-state index in [1.165, 1.54) is 0 Å². The van der Waals surface area contributed by atoms with Crippen LogP contribution in [0, 0.1) is 12.8 Å². The highest BCUT2D eigenvalue weighted by Gasteiger charge is 2.31. The summed E-state index contributed by atoms with van der Waals surface area (Å²) < 4.78 is 15.6. The average molecular weight is 320 g/mol. The maximum atomic E-state index is 12.2. The maximum absolute atomic E-state index is 12.2. The number of hydrogen-bond acceptors (Lipinski definition) is 6. The molecule has 2 N–H and O–H groups in total. The van der Waals surface area contributed by atoms with Crippen molar-refractivity contribution in [3.8, 4) is 0 Å². The second-order valence-corrected chi connectivity index (χ2v) is 5.57. The van der Waals surface area contributed by atoms with E-state index in [-0.39, 0.29) is 18.0 Å². The van der Waals surface area contributed by atoms with E-state index in [0.29, 0.717) is 31.5 Å². The molecule has 23 heavy (non-hydrogen) atoms. The van der Waals surface area contributed by atoms with E-state index in [1.807, 2.05) is 0 Å². The molecule has 1 aliphatic rings. The van der Waals surface area contributed by atoms with Crippen molar-refractivity contribution in [1.82, 2.24) is 20.8 Å². The molecule has 0 saturated carbocycles. The SMILES string of the molecule is Cc1noc([C@@H](NC(=O)NCc2ccoc2)C2CCOCC2)n1. The predicted octanol–water partition coefficient (Wildman–Crippen LogP) is 1.94. The summed E-state index contributed by atoms with van der Waals surface area (Å²) in [4.78, 5) is 16.5. The summed E-state index contributed by atoms with van der Waals surface area (Å²) in [5, 5.41) is 9.57. The molecule has 2 aromatic heterocycles. The first-order chi connectivity index (χ1) is 11.2. The number of aryl methyl sites for hydroxylation is 1. The first-order valence-electron chi connectivity index (χ1n) is 7.66. The Labute approximate surface area is 133 Å². The third-order valence-electron chi connectivity index (χ3n) is 3.87. The van der Waals surface area contributed by atoms with Crippen LogP contribution in [0.3, 0.4) is 0 Å². The van der Waals surface area contributed by atoms with Gasteiger partial charge in [0.25, 0.3) is 0 Å². The van der Waals surface area contributed by atoms with Crippen molar-refractivity contribution in [2.45, 2.75) is 32.4 Å².